The van der Waals surface area contributed by atoms with E-state index in [2.05, 4.69) is 0 Å². The summed E-state index contributed by atoms with van der Waals surface area (Å²) in [6.07, 6.45) is -0.987. The van der Waals surface area contributed by atoms with Gasteiger partial charge in [-0.3, -0.25) is 0 Å². The van der Waals surface area contributed by atoms with Gasteiger partial charge in [-0.1, -0.05) is 36.4 Å². The highest BCUT2D eigenvalue weighted by atomic mass is 19.1. The quantitative estimate of drug-likeness (QED) is 0.773. The lowest BCUT2D eigenvalue weighted by Crippen LogP contribution is -2.20. The van der Waals surface area contributed by atoms with Crippen LogP contribution in [-0.4, -0.2) is 11.7 Å². The molecule has 2 atom stereocenters. The summed E-state index contributed by atoms with van der Waals surface area (Å²) in [5.41, 5.74) is 6.82. The fourth-order valence-corrected chi connectivity index (χ4v) is 2.55. The molecule has 1 heterocycles. The second-order valence-corrected chi connectivity index (χ2v) is 5.00. The summed E-state index contributed by atoms with van der Waals surface area (Å²) in [5, 5.41) is 11.4. The summed E-state index contributed by atoms with van der Waals surface area (Å²) in [4.78, 5) is 0. The molecule has 0 bridgehead atoms. The molecule has 1 aromatic heterocycles. The molecule has 0 saturated heterocycles. The van der Waals surface area contributed by atoms with Crippen LogP contribution < -0.4 is 5.73 Å². The van der Waals surface area contributed by atoms with Gasteiger partial charge in [-0.05, 0) is 23.8 Å². The normalized spacial score (nSPS) is 14.2. The van der Waals surface area contributed by atoms with Crippen molar-refractivity contribution >= 4 is 11.0 Å². The van der Waals surface area contributed by atoms with Gasteiger partial charge in [0.15, 0.2) is 0 Å². The standard InChI is InChI=1S/C17H16FNO2/c18-14-7-3-2-6-12(14)13(10-19)17(20)16-9-11-5-1-4-8-15(11)21-16/h1-9,13,17,20H,10,19H2. The monoisotopic (exact) mass is 285 g/mol. The van der Waals surface area contributed by atoms with E-state index in [4.69, 9.17) is 10.2 Å². The number of furan rings is 1. The number of nitrogens with two attached hydrogens (primary N) is 1. The molecule has 0 aliphatic rings. The van der Waals surface area contributed by atoms with Crippen LogP contribution >= 0.6 is 0 Å². The summed E-state index contributed by atoms with van der Waals surface area (Å²) in [7, 11) is 0. The first-order valence-electron chi connectivity index (χ1n) is 6.81. The highest BCUT2D eigenvalue weighted by Crippen LogP contribution is 2.34. The number of aliphatic hydroxyl groups excluding tert-OH is 1. The van der Waals surface area contributed by atoms with E-state index in [0.29, 0.717) is 16.9 Å². The van der Waals surface area contributed by atoms with Gasteiger partial charge in [0.1, 0.15) is 23.3 Å². The van der Waals surface area contributed by atoms with Crippen molar-refractivity contribution in [1.82, 2.24) is 0 Å². The molecule has 0 fully saturated rings. The third-order valence-electron chi connectivity index (χ3n) is 3.68. The van der Waals surface area contributed by atoms with Gasteiger partial charge in [0.05, 0.1) is 0 Å². The van der Waals surface area contributed by atoms with E-state index in [1.54, 1.807) is 24.3 Å². The van der Waals surface area contributed by atoms with Crippen LogP contribution in [0, 0.1) is 5.82 Å². The maximum atomic E-state index is 13.9. The molecule has 3 nitrogen and oxygen atoms in total. The fraction of sp³-hybridized carbons (Fsp3) is 0.176. The smallest absolute Gasteiger partial charge is 0.134 e. The van der Waals surface area contributed by atoms with Gasteiger partial charge in [0.25, 0.3) is 0 Å². The number of aliphatic hydroxyl groups is 1. The van der Waals surface area contributed by atoms with Crippen molar-refractivity contribution in [3.63, 3.8) is 0 Å². The maximum Gasteiger partial charge on any atom is 0.134 e. The third kappa shape index (κ3) is 2.55. The topological polar surface area (TPSA) is 59.4 Å². The van der Waals surface area contributed by atoms with Crippen LogP contribution in [-0.2, 0) is 0 Å². The van der Waals surface area contributed by atoms with Gasteiger partial charge >= 0.3 is 0 Å². The SMILES string of the molecule is NCC(c1ccccc1F)C(O)c1cc2ccccc2o1. The van der Waals surface area contributed by atoms with Crippen LogP contribution in [0.1, 0.15) is 23.3 Å². The zero-order valence-electron chi connectivity index (χ0n) is 11.4. The summed E-state index contributed by atoms with van der Waals surface area (Å²) >= 11 is 0. The first-order valence-corrected chi connectivity index (χ1v) is 6.81. The Kier molecular flexibility index (Phi) is 3.73. The summed E-state index contributed by atoms with van der Waals surface area (Å²) in [6.45, 7) is 0.124. The van der Waals surface area contributed by atoms with Gasteiger partial charge < -0.3 is 15.3 Å². The summed E-state index contributed by atoms with van der Waals surface area (Å²) in [5.74, 6) is -0.523. The Morgan fingerprint density at radius 1 is 1.10 bits per heavy atom. The predicted molar refractivity (Wildman–Crippen MR) is 79.4 cm³/mol. The van der Waals surface area contributed by atoms with Crippen molar-refractivity contribution in [1.29, 1.82) is 0 Å². The molecule has 108 valence electrons. The Hall–Kier alpha value is -2.17. The number of para-hydroxylation sites is 1. The average Bonchev–Trinajstić information content (AvgIpc) is 2.93. The Labute approximate surface area is 121 Å². The van der Waals surface area contributed by atoms with E-state index in [9.17, 15) is 9.50 Å². The van der Waals surface area contributed by atoms with E-state index < -0.39 is 12.0 Å². The van der Waals surface area contributed by atoms with Crippen molar-refractivity contribution in [2.75, 3.05) is 6.54 Å². The molecule has 4 heteroatoms. The van der Waals surface area contributed by atoms with Crippen LogP contribution in [0.15, 0.2) is 59.0 Å². The van der Waals surface area contributed by atoms with Crippen LogP contribution in [0.3, 0.4) is 0 Å². The number of halogens is 1. The molecule has 3 aromatic rings. The molecule has 3 rings (SSSR count). The molecule has 2 unspecified atom stereocenters. The minimum Gasteiger partial charge on any atom is -0.458 e. The molecular formula is C17H16FNO2. The van der Waals surface area contributed by atoms with Crippen LogP contribution in [0.2, 0.25) is 0 Å². The van der Waals surface area contributed by atoms with E-state index in [1.807, 2.05) is 24.3 Å². The van der Waals surface area contributed by atoms with Crippen molar-refractivity contribution in [3.8, 4) is 0 Å². The minimum atomic E-state index is -0.987. The van der Waals surface area contributed by atoms with Crippen molar-refractivity contribution < 1.29 is 13.9 Å². The van der Waals surface area contributed by atoms with Gasteiger partial charge in [0.2, 0.25) is 0 Å². The zero-order chi connectivity index (χ0) is 14.8. The zero-order valence-corrected chi connectivity index (χ0v) is 11.4. The molecule has 21 heavy (non-hydrogen) atoms. The first-order chi connectivity index (χ1) is 10.2. The third-order valence-corrected chi connectivity index (χ3v) is 3.68. The molecule has 0 saturated carbocycles. The van der Waals surface area contributed by atoms with Crippen LogP contribution in [0.5, 0.6) is 0 Å². The highest BCUT2D eigenvalue weighted by Gasteiger charge is 2.26. The highest BCUT2D eigenvalue weighted by molar-refractivity contribution is 5.77. The lowest BCUT2D eigenvalue weighted by molar-refractivity contribution is 0.122. The Bertz CT molecular complexity index is 720. The molecule has 0 radical (unpaired) electrons. The van der Waals surface area contributed by atoms with E-state index in [-0.39, 0.29) is 12.4 Å². The van der Waals surface area contributed by atoms with Gasteiger partial charge in [-0.15, -0.1) is 0 Å². The molecule has 0 spiro atoms. The minimum absolute atomic E-state index is 0.124. The second-order valence-electron chi connectivity index (χ2n) is 5.00. The molecule has 0 aliphatic heterocycles. The number of fused-ring (bicyclic) bond motifs is 1. The number of hydrogen-bond donors (Lipinski definition) is 2. The predicted octanol–water partition coefficient (Wildman–Crippen LogP) is 3.35. The molecule has 0 aliphatic carbocycles. The molecular weight excluding hydrogens is 269 g/mol. The molecule has 3 N–H and O–H groups in total. The Morgan fingerprint density at radius 3 is 2.52 bits per heavy atom. The van der Waals surface area contributed by atoms with E-state index in [0.717, 1.165) is 5.39 Å². The maximum absolute atomic E-state index is 13.9. The van der Waals surface area contributed by atoms with Crippen molar-refractivity contribution in [3.05, 3.63) is 71.7 Å². The van der Waals surface area contributed by atoms with Crippen LogP contribution in [0.25, 0.3) is 11.0 Å². The Morgan fingerprint density at radius 2 is 1.81 bits per heavy atom. The molecule has 0 amide bonds. The van der Waals surface area contributed by atoms with E-state index in [1.165, 1.54) is 6.07 Å². The average molecular weight is 285 g/mol. The summed E-state index contributed by atoms with van der Waals surface area (Å²) < 4.78 is 19.6. The fourth-order valence-electron chi connectivity index (χ4n) is 2.55. The van der Waals surface area contributed by atoms with Crippen LogP contribution in [0.4, 0.5) is 4.39 Å². The second kappa shape index (κ2) is 5.68. The largest absolute Gasteiger partial charge is 0.458 e. The Balaban J connectivity index is 1.98. The van der Waals surface area contributed by atoms with Gasteiger partial charge in [-0.25, -0.2) is 4.39 Å². The van der Waals surface area contributed by atoms with Gasteiger partial charge in [-0.2, -0.15) is 0 Å². The van der Waals surface area contributed by atoms with Crippen molar-refractivity contribution in [2.24, 2.45) is 5.73 Å². The van der Waals surface area contributed by atoms with Gasteiger partial charge in [0, 0.05) is 17.8 Å². The van der Waals surface area contributed by atoms with Crippen molar-refractivity contribution in [2.45, 2.75) is 12.0 Å². The van der Waals surface area contributed by atoms with E-state index >= 15 is 0 Å². The number of hydrogen-bond acceptors (Lipinski definition) is 3. The number of benzene rings is 2. The number of rotatable bonds is 4. The summed E-state index contributed by atoms with van der Waals surface area (Å²) in [6, 6.07) is 15.6. The molecule has 2 aromatic carbocycles. The lowest BCUT2D eigenvalue weighted by Gasteiger charge is -2.20. The first kappa shape index (κ1) is 13.8. The lowest BCUT2D eigenvalue weighted by atomic mass is 9.91.